The quantitative estimate of drug-likeness (QED) is 0.844. The predicted octanol–water partition coefficient (Wildman–Crippen LogP) is 1.45. The molecule has 2 heterocycles. The third-order valence-corrected chi connectivity index (χ3v) is 4.71. The van der Waals surface area contributed by atoms with E-state index in [1.807, 2.05) is 0 Å². The molecule has 0 radical (unpaired) electrons. The highest BCUT2D eigenvalue weighted by Crippen LogP contribution is 2.44. The van der Waals surface area contributed by atoms with Gasteiger partial charge < -0.3 is 14.3 Å². The Balaban J connectivity index is 1.66. The second-order valence-electron chi connectivity index (χ2n) is 6.70. The van der Waals surface area contributed by atoms with Crippen LogP contribution < -0.4 is 0 Å². The largest absolute Gasteiger partial charge is 0.341 e. The van der Waals surface area contributed by atoms with Gasteiger partial charge in [-0.1, -0.05) is 24.4 Å². The van der Waals surface area contributed by atoms with E-state index in [1.54, 1.807) is 19.0 Å². The Morgan fingerprint density at radius 2 is 2.05 bits per heavy atom. The number of rotatable bonds is 3. The Kier molecular flexibility index (Phi) is 3.88. The number of hydrogen-bond donors (Lipinski definition) is 0. The number of hydrogen-bond acceptors (Lipinski definition) is 5. The maximum absolute atomic E-state index is 12.3. The molecule has 1 aromatic heterocycles. The van der Waals surface area contributed by atoms with E-state index in [1.165, 1.54) is 24.2 Å². The van der Waals surface area contributed by atoms with E-state index < -0.39 is 0 Å². The molecule has 1 aliphatic heterocycles. The van der Waals surface area contributed by atoms with Crippen LogP contribution in [0.1, 0.15) is 55.0 Å². The summed E-state index contributed by atoms with van der Waals surface area (Å²) in [6.45, 7) is 1.10. The van der Waals surface area contributed by atoms with E-state index in [0.717, 1.165) is 19.4 Å². The normalized spacial score (nSPS) is 20.6. The smallest absolute Gasteiger partial charge is 0.316 e. The molecule has 0 aromatic carbocycles. The summed E-state index contributed by atoms with van der Waals surface area (Å²) in [4.78, 5) is 31.3. The van der Waals surface area contributed by atoms with Crippen molar-refractivity contribution in [2.45, 2.75) is 45.1 Å². The van der Waals surface area contributed by atoms with Crippen LogP contribution in [-0.4, -0.2) is 52.4 Å². The summed E-state index contributed by atoms with van der Waals surface area (Å²) in [7, 11) is 3.26. The number of nitrogens with zero attached hydrogens (tertiary/aromatic N) is 4. The van der Waals surface area contributed by atoms with Gasteiger partial charge in [-0.05, 0) is 18.3 Å². The highest BCUT2D eigenvalue weighted by molar-refractivity contribution is 5.89. The topological polar surface area (TPSA) is 79.5 Å². The van der Waals surface area contributed by atoms with Crippen molar-refractivity contribution >= 4 is 11.8 Å². The molecule has 1 saturated heterocycles. The first-order chi connectivity index (χ1) is 10.5. The minimum atomic E-state index is -0.324. The van der Waals surface area contributed by atoms with Crippen molar-refractivity contribution < 1.29 is 14.1 Å². The van der Waals surface area contributed by atoms with Crippen LogP contribution in [0.4, 0.5) is 0 Å². The SMILES string of the molecule is CN(C)C(=O)c1nc(CN2CC3(CCCCC3)CC2=O)no1. The third kappa shape index (κ3) is 2.84. The van der Waals surface area contributed by atoms with Gasteiger partial charge in [-0.15, -0.1) is 0 Å². The zero-order valence-electron chi connectivity index (χ0n) is 13.2. The third-order valence-electron chi connectivity index (χ3n) is 4.71. The zero-order chi connectivity index (χ0) is 15.7. The molecule has 7 nitrogen and oxygen atoms in total. The van der Waals surface area contributed by atoms with Crippen LogP contribution in [0.5, 0.6) is 0 Å². The lowest BCUT2D eigenvalue weighted by molar-refractivity contribution is -0.128. The first-order valence-corrected chi connectivity index (χ1v) is 7.81. The van der Waals surface area contributed by atoms with Gasteiger partial charge in [-0.3, -0.25) is 9.59 Å². The number of carbonyl (C=O) groups is 2. The van der Waals surface area contributed by atoms with Gasteiger partial charge in [-0.2, -0.15) is 4.98 Å². The van der Waals surface area contributed by atoms with Crippen molar-refractivity contribution in [2.24, 2.45) is 5.41 Å². The minimum Gasteiger partial charge on any atom is -0.341 e. The summed E-state index contributed by atoms with van der Waals surface area (Å²) in [5, 5.41) is 3.82. The highest BCUT2D eigenvalue weighted by atomic mass is 16.5. The lowest BCUT2D eigenvalue weighted by Crippen LogP contribution is -2.30. The average Bonchev–Trinajstić information content (AvgIpc) is 3.05. The van der Waals surface area contributed by atoms with Gasteiger partial charge in [0.05, 0.1) is 6.54 Å². The van der Waals surface area contributed by atoms with Crippen LogP contribution in [0.2, 0.25) is 0 Å². The van der Waals surface area contributed by atoms with Crippen LogP contribution in [0, 0.1) is 5.41 Å². The first kappa shape index (κ1) is 15.0. The monoisotopic (exact) mass is 306 g/mol. The Hall–Kier alpha value is -1.92. The molecule has 120 valence electrons. The molecule has 0 bridgehead atoms. The highest BCUT2D eigenvalue weighted by Gasteiger charge is 2.43. The van der Waals surface area contributed by atoms with Gasteiger partial charge in [0.15, 0.2) is 5.82 Å². The maximum atomic E-state index is 12.3. The van der Waals surface area contributed by atoms with Crippen LogP contribution in [0.25, 0.3) is 0 Å². The lowest BCUT2D eigenvalue weighted by atomic mass is 9.73. The van der Waals surface area contributed by atoms with Gasteiger partial charge in [0.2, 0.25) is 5.91 Å². The average molecular weight is 306 g/mol. The second kappa shape index (κ2) is 5.70. The van der Waals surface area contributed by atoms with Gasteiger partial charge in [0, 0.05) is 27.1 Å². The van der Waals surface area contributed by atoms with Crippen molar-refractivity contribution in [1.29, 1.82) is 0 Å². The fraction of sp³-hybridized carbons (Fsp3) is 0.733. The molecule has 7 heteroatoms. The van der Waals surface area contributed by atoms with Crippen molar-refractivity contribution in [3.8, 4) is 0 Å². The Morgan fingerprint density at radius 3 is 2.73 bits per heavy atom. The zero-order valence-corrected chi connectivity index (χ0v) is 13.2. The lowest BCUT2D eigenvalue weighted by Gasteiger charge is -2.32. The molecule has 3 rings (SSSR count). The molecular formula is C15H22N4O3. The van der Waals surface area contributed by atoms with E-state index in [0.29, 0.717) is 18.8 Å². The van der Waals surface area contributed by atoms with E-state index in [2.05, 4.69) is 10.1 Å². The fourth-order valence-corrected chi connectivity index (χ4v) is 3.53. The molecule has 0 unspecified atom stereocenters. The fourth-order valence-electron chi connectivity index (χ4n) is 3.53. The van der Waals surface area contributed by atoms with Crippen molar-refractivity contribution in [1.82, 2.24) is 19.9 Å². The molecule has 1 aromatic rings. The molecule has 2 fully saturated rings. The number of carbonyl (C=O) groups excluding carboxylic acids is 2. The standard InChI is InChI=1S/C15H22N4O3/c1-18(2)14(21)13-16-11(17-22-13)9-19-10-15(8-12(19)20)6-4-3-5-7-15/h3-10H2,1-2H3. The molecule has 22 heavy (non-hydrogen) atoms. The van der Waals surface area contributed by atoms with Crippen molar-refractivity contribution in [3.05, 3.63) is 11.7 Å². The molecule has 0 atom stereocenters. The van der Waals surface area contributed by atoms with Crippen molar-refractivity contribution in [3.63, 3.8) is 0 Å². The van der Waals surface area contributed by atoms with E-state index in [-0.39, 0.29) is 23.1 Å². The Bertz CT molecular complexity index is 575. The summed E-state index contributed by atoms with van der Waals surface area (Å²) in [5.74, 6) is 0.202. The number of likely N-dealkylation sites (tertiary alicyclic amines) is 1. The van der Waals surface area contributed by atoms with Crippen LogP contribution in [0.3, 0.4) is 0 Å². The molecular weight excluding hydrogens is 284 g/mol. The summed E-state index contributed by atoms with van der Waals surface area (Å²) < 4.78 is 4.98. The summed E-state index contributed by atoms with van der Waals surface area (Å²) in [6.07, 6.45) is 6.60. The summed E-state index contributed by atoms with van der Waals surface area (Å²) in [5.41, 5.74) is 0.154. The summed E-state index contributed by atoms with van der Waals surface area (Å²) >= 11 is 0. The number of aromatic nitrogens is 2. The van der Waals surface area contributed by atoms with E-state index in [4.69, 9.17) is 4.52 Å². The molecule has 1 aliphatic carbocycles. The second-order valence-corrected chi connectivity index (χ2v) is 6.70. The van der Waals surface area contributed by atoms with Gasteiger partial charge in [-0.25, -0.2) is 0 Å². The van der Waals surface area contributed by atoms with Gasteiger partial charge >= 0.3 is 11.8 Å². The molecule has 1 spiro atoms. The Morgan fingerprint density at radius 1 is 1.32 bits per heavy atom. The first-order valence-electron chi connectivity index (χ1n) is 7.81. The van der Waals surface area contributed by atoms with Crippen molar-refractivity contribution in [2.75, 3.05) is 20.6 Å². The van der Waals surface area contributed by atoms with Gasteiger partial charge in [0.25, 0.3) is 0 Å². The van der Waals surface area contributed by atoms with E-state index >= 15 is 0 Å². The number of amides is 2. The van der Waals surface area contributed by atoms with Crippen LogP contribution in [0.15, 0.2) is 4.52 Å². The van der Waals surface area contributed by atoms with Crippen LogP contribution >= 0.6 is 0 Å². The minimum absolute atomic E-state index is 0.0287. The molecule has 1 saturated carbocycles. The molecule has 0 N–H and O–H groups in total. The summed E-state index contributed by atoms with van der Waals surface area (Å²) in [6, 6.07) is 0. The Labute approximate surface area is 129 Å². The predicted molar refractivity (Wildman–Crippen MR) is 77.9 cm³/mol. The van der Waals surface area contributed by atoms with Gasteiger partial charge in [0.1, 0.15) is 0 Å². The maximum Gasteiger partial charge on any atom is 0.316 e. The molecule has 2 aliphatic rings. The van der Waals surface area contributed by atoms with Crippen LogP contribution in [-0.2, 0) is 11.3 Å². The van der Waals surface area contributed by atoms with E-state index in [9.17, 15) is 9.59 Å². The molecule has 2 amide bonds.